The van der Waals surface area contributed by atoms with Crippen LogP contribution in [0.3, 0.4) is 0 Å². The van der Waals surface area contributed by atoms with Crippen molar-refractivity contribution >= 4 is 11.3 Å². The zero-order valence-corrected chi connectivity index (χ0v) is 9.67. The van der Waals surface area contributed by atoms with Crippen LogP contribution >= 0.6 is 11.3 Å². The first-order chi connectivity index (χ1) is 7.92. The maximum atomic E-state index is 6.10. The van der Waals surface area contributed by atoms with E-state index in [9.17, 15) is 0 Å². The van der Waals surface area contributed by atoms with Gasteiger partial charge in [-0.25, -0.2) is 0 Å². The smallest absolute Gasteiger partial charge is 0.177 e. The van der Waals surface area contributed by atoms with E-state index in [1.807, 2.05) is 0 Å². The van der Waals surface area contributed by atoms with Crippen LogP contribution < -0.4 is 4.74 Å². The van der Waals surface area contributed by atoms with Gasteiger partial charge in [0.15, 0.2) is 5.06 Å². The molecule has 2 aromatic rings. The molecule has 0 saturated heterocycles. The van der Waals surface area contributed by atoms with E-state index in [2.05, 4.69) is 35.7 Å². The maximum Gasteiger partial charge on any atom is 0.177 e. The van der Waals surface area contributed by atoms with Gasteiger partial charge in [0.25, 0.3) is 0 Å². The number of rotatable bonds is 0. The summed E-state index contributed by atoms with van der Waals surface area (Å²) in [7, 11) is 0. The van der Waals surface area contributed by atoms with Gasteiger partial charge in [0.05, 0.1) is 0 Å². The maximum absolute atomic E-state index is 6.10. The van der Waals surface area contributed by atoms with Crippen LogP contribution in [-0.4, -0.2) is 6.10 Å². The quantitative estimate of drug-likeness (QED) is 0.671. The molecule has 2 atom stereocenters. The second-order valence-electron chi connectivity index (χ2n) is 4.60. The van der Waals surface area contributed by atoms with Gasteiger partial charge in [-0.15, -0.1) is 11.3 Å². The van der Waals surface area contributed by atoms with Gasteiger partial charge in [0.1, 0.15) is 6.10 Å². The second kappa shape index (κ2) is 3.11. The zero-order valence-electron chi connectivity index (χ0n) is 8.85. The molecule has 2 aliphatic rings. The predicted octanol–water partition coefficient (Wildman–Crippen LogP) is 3.39. The molecule has 4 rings (SSSR count). The number of thiophene rings is 1. The minimum Gasteiger partial charge on any atom is -0.480 e. The Morgan fingerprint density at radius 1 is 1.06 bits per heavy atom. The fraction of sp³-hybridized carbons (Fsp3) is 0.286. The highest BCUT2D eigenvalue weighted by molar-refractivity contribution is 7.12. The van der Waals surface area contributed by atoms with E-state index in [0.717, 1.165) is 17.9 Å². The van der Waals surface area contributed by atoms with Gasteiger partial charge in [0.2, 0.25) is 0 Å². The number of hydrogen-bond acceptors (Lipinski definition) is 2. The van der Waals surface area contributed by atoms with E-state index in [1.54, 1.807) is 11.3 Å². The second-order valence-corrected chi connectivity index (χ2v) is 5.48. The lowest BCUT2D eigenvalue weighted by molar-refractivity contribution is 0.170. The Hall–Kier alpha value is -1.28. The third-order valence-corrected chi connectivity index (χ3v) is 4.57. The Morgan fingerprint density at radius 3 is 3.00 bits per heavy atom. The van der Waals surface area contributed by atoms with Gasteiger partial charge in [0, 0.05) is 17.9 Å². The first kappa shape index (κ1) is 8.82. The molecule has 2 heterocycles. The molecule has 2 heteroatoms. The Labute approximate surface area is 98.7 Å². The average molecular weight is 228 g/mol. The highest BCUT2D eigenvalue weighted by Crippen LogP contribution is 2.45. The third-order valence-electron chi connectivity index (χ3n) is 3.73. The molecule has 0 fully saturated rings. The number of fused-ring (bicyclic) bond motifs is 4. The number of ether oxygens (including phenoxy) is 1. The third kappa shape index (κ3) is 1.11. The van der Waals surface area contributed by atoms with Crippen LogP contribution in [0.4, 0.5) is 0 Å². The lowest BCUT2D eigenvalue weighted by Crippen LogP contribution is -2.27. The topological polar surface area (TPSA) is 9.23 Å². The van der Waals surface area contributed by atoms with Crippen molar-refractivity contribution < 1.29 is 4.74 Å². The number of benzene rings is 1. The average Bonchev–Trinajstić information content (AvgIpc) is 2.88. The summed E-state index contributed by atoms with van der Waals surface area (Å²) < 4.78 is 6.10. The van der Waals surface area contributed by atoms with Crippen molar-refractivity contribution in [2.24, 2.45) is 0 Å². The molecule has 1 aliphatic heterocycles. The summed E-state index contributed by atoms with van der Waals surface area (Å²) in [5.41, 5.74) is 4.37. The molecule has 1 aromatic carbocycles. The summed E-state index contributed by atoms with van der Waals surface area (Å²) >= 11 is 1.73. The summed E-state index contributed by atoms with van der Waals surface area (Å²) in [4.78, 5) is 0. The summed E-state index contributed by atoms with van der Waals surface area (Å²) in [5.74, 6) is 0.582. The van der Waals surface area contributed by atoms with E-state index in [4.69, 9.17) is 4.74 Å². The normalized spacial score (nSPS) is 25.5. The highest BCUT2D eigenvalue weighted by Gasteiger charge is 2.38. The minimum absolute atomic E-state index is 0.378. The predicted molar refractivity (Wildman–Crippen MR) is 65.3 cm³/mol. The molecule has 1 aliphatic carbocycles. The molecule has 0 radical (unpaired) electrons. The molecule has 0 amide bonds. The van der Waals surface area contributed by atoms with Gasteiger partial charge in [-0.3, -0.25) is 0 Å². The summed E-state index contributed by atoms with van der Waals surface area (Å²) in [6.45, 7) is 0. The summed E-state index contributed by atoms with van der Waals surface area (Å²) in [6.07, 6.45) is 2.61. The summed E-state index contributed by atoms with van der Waals surface area (Å²) in [5, 5.41) is 3.28. The highest BCUT2D eigenvalue weighted by atomic mass is 32.1. The molecule has 1 aromatic heterocycles. The lowest BCUT2D eigenvalue weighted by Gasteiger charge is -2.26. The van der Waals surface area contributed by atoms with E-state index >= 15 is 0 Å². The Morgan fingerprint density at radius 2 is 2.00 bits per heavy atom. The van der Waals surface area contributed by atoms with E-state index in [-0.39, 0.29) is 0 Å². The van der Waals surface area contributed by atoms with Crippen LogP contribution in [0, 0.1) is 0 Å². The van der Waals surface area contributed by atoms with Crippen molar-refractivity contribution in [3.8, 4) is 5.06 Å². The molecule has 0 saturated carbocycles. The first-order valence-corrected chi connectivity index (χ1v) is 6.60. The number of hydrogen-bond donors (Lipinski definition) is 0. The largest absolute Gasteiger partial charge is 0.480 e. The Balaban J connectivity index is 1.80. The van der Waals surface area contributed by atoms with E-state index in [1.165, 1.54) is 16.7 Å². The lowest BCUT2D eigenvalue weighted by atomic mass is 9.91. The van der Waals surface area contributed by atoms with Crippen LogP contribution in [0.1, 0.15) is 22.6 Å². The van der Waals surface area contributed by atoms with Crippen molar-refractivity contribution in [2.75, 3.05) is 0 Å². The van der Waals surface area contributed by atoms with Crippen molar-refractivity contribution in [1.82, 2.24) is 0 Å². The van der Waals surface area contributed by atoms with Crippen LogP contribution in [0.15, 0.2) is 35.7 Å². The Bertz CT molecular complexity index is 543. The Kier molecular flexibility index (Phi) is 1.71. The van der Waals surface area contributed by atoms with Crippen LogP contribution in [0.25, 0.3) is 0 Å². The zero-order chi connectivity index (χ0) is 10.5. The van der Waals surface area contributed by atoms with Crippen molar-refractivity contribution in [3.63, 3.8) is 0 Å². The van der Waals surface area contributed by atoms with Crippen LogP contribution in [-0.2, 0) is 12.8 Å². The van der Waals surface area contributed by atoms with Crippen LogP contribution in [0.2, 0.25) is 0 Å². The van der Waals surface area contributed by atoms with Crippen LogP contribution in [0.5, 0.6) is 5.06 Å². The molecular weight excluding hydrogens is 216 g/mol. The van der Waals surface area contributed by atoms with Crippen molar-refractivity contribution in [3.05, 3.63) is 52.4 Å². The molecule has 80 valence electrons. The molecule has 0 N–H and O–H groups in total. The van der Waals surface area contributed by atoms with Crippen molar-refractivity contribution in [1.29, 1.82) is 0 Å². The molecular formula is C14H12OS. The summed E-state index contributed by atoms with van der Waals surface area (Å²) in [6, 6.07) is 11.0. The minimum atomic E-state index is 0.378. The monoisotopic (exact) mass is 228 g/mol. The van der Waals surface area contributed by atoms with E-state index < -0.39 is 0 Å². The standard InChI is InChI=1S/C14H12OS/c1-2-4-11-9(3-1)8-13-12(11)7-10-5-6-16-14(10)15-13/h1-6,12-13H,7-8H2/t12-,13+/m1/s1. The van der Waals surface area contributed by atoms with Gasteiger partial charge in [-0.05, 0) is 29.0 Å². The molecule has 16 heavy (non-hydrogen) atoms. The molecule has 0 spiro atoms. The first-order valence-electron chi connectivity index (χ1n) is 5.72. The van der Waals surface area contributed by atoms with E-state index in [0.29, 0.717) is 12.0 Å². The molecule has 1 nitrogen and oxygen atoms in total. The van der Waals surface area contributed by atoms with Gasteiger partial charge >= 0.3 is 0 Å². The molecule has 0 unspecified atom stereocenters. The fourth-order valence-corrected chi connectivity index (χ4v) is 3.80. The molecule has 0 bridgehead atoms. The van der Waals surface area contributed by atoms with Gasteiger partial charge in [-0.2, -0.15) is 0 Å². The SMILES string of the molecule is c1ccc2c(c1)C[C@@H]1Oc3sccc3C[C@H]21. The van der Waals surface area contributed by atoms with Gasteiger partial charge < -0.3 is 4.74 Å². The van der Waals surface area contributed by atoms with Gasteiger partial charge in [-0.1, -0.05) is 24.3 Å². The van der Waals surface area contributed by atoms with Crippen molar-refractivity contribution in [2.45, 2.75) is 24.9 Å². The fourth-order valence-electron chi connectivity index (χ4n) is 2.96.